The number of benzene rings is 1. The lowest BCUT2D eigenvalue weighted by Gasteiger charge is -2.07. The fraction of sp³-hybridized carbons (Fsp3) is 0.182. The van der Waals surface area contributed by atoms with Gasteiger partial charge in [-0.3, -0.25) is 5.10 Å². The van der Waals surface area contributed by atoms with Crippen molar-refractivity contribution in [3.63, 3.8) is 0 Å². The highest BCUT2D eigenvalue weighted by molar-refractivity contribution is 5.76. The molecule has 3 N–H and O–H groups in total. The van der Waals surface area contributed by atoms with Gasteiger partial charge < -0.3 is 5.73 Å². The number of nitrogen functional groups attached to an aromatic ring is 1. The first kappa shape index (κ1) is 10.6. The molecule has 0 saturated heterocycles. The summed E-state index contributed by atoms with van der Waals surface area (Å²) < 4.78 is 25.1. The van der Waals surface area contributed by atoms with Crippen LogP contribution in [0, 0.1) is 6.92 Å². The molecule has 0 saturated carbocycles. The minimum atomic E-state index is -2.48. The number of rotatable bonds is 2. The summed E-state index contributed by atoms with van der Waals surface area (Å²) in [7, 11) is 0. The standard InChI is InChI=1S/C11H11F2N3/c1-6-2-3-7(10(12)13)4-8(6)9-5-15-16-11(9)14/h2-5,10H,1H3,(H3,14,15,16). The van der Waals surface area contributed by atoms with Gasteiger partial charge in [0.25, 0.3) is 6.43 Å². The number of nitrogens with two attached hydrogens (primary N) is 1. The molecule has 2 rings (SSSR count). The van der Waals surface area contributed by atoms with Gasteiger partial charge in [0.1, 0.15) is 5.82 Å². The molecule has 0 aliphatic rings. The van der Waals surface area contributed by atoms with Crippen molar-refractivity contribution >= 4 is 5.82 Å². The number of hydrogen-bond donors (Lipinski definition) is 2. The number of nitrogens with zero attached hydrogens (tertiary/aromatic N) is 1. The third-order valence-electron chi connectivity index (χ3n) is 2.47. The topological polar surface area (TPSA) is 54.7 Å². The Hall–Kier alpha value is -1.91. The largest absolute Gasteiger partial charge is 0.384 e. The molecule has 0 aliphatic carbocycles. The van der Waals surface area contributed by atoms with E-state index in [4.69, 9.17) is 5.73 Å². The third-order valence-corrected chi connectivity index (χ3v) is 2.47. The summed E-state index contributed by atoms with van der Waals surface area (Å²) in [6, 6.07) is 4.52. The molecule has 1 aromatic heterocycles. The highest BCUT2D eigenvalue weighted by atomic mass is 19.3. The van der Waals surface area contributed by atoms with Gasteiger partial charge in [0, 0.05) is 11.1 Å². The fourth-order valence-electron chi connectivity index (χ4n) is 1.58. The van der Waals surface area contributed by atoms with Gasteiger partial charge in [-0.25, -0.2) is 8.78 Å². The zero-order valence-corrected chi connectivity index (χ0v) is 8.67. The van der Waals surface area contributed by atoms with Crippen molar-refractivity contribution in [1.82, 2.24) is 10.2 Å². The van der Waals surface area contributed by atoms with Crippen molar-refractivity contribution in [1.29, 1.82) is 0 Å². The Kier molecular flexibility index (Phi) is 2.60. The Labute approximate surface area is 91.3 Å². The number of hydrogen-bond acceptors (Lipinski definition) is 2. The van der Waals surface area contributed by atoms with Crippen molar-refractivity contribution in [3.8, 4) is 11.1 Å². The van der Waals surface area contributed by atoms with Crippen LogP contribution < -0.4 is 5.73 Å². The van der Waals surface area contributed by atoms with Crippen LogP contribution in [0.15, 0.2) is 24.4 Å². The number of aromatic amines is 1. The van der Waals surface area contributed by atoms with Gasteiger partial charge in [0.2, 0.25) is 0 Å². The van der Waals surface area contributed by atoms with E-state index in [1.54, 1.807) is 6.07 Å². The first-order valence-corrected chi connectivity index (χ1v) is 4.77. The maximum atomic E-state index is 12.6. The van der Waals surface area contributed by atoms with E-state index in [-0.39, 0.29) is 5.56 Å². The maximum Gasteiger partial charge on any atom is 0.263 e. The Morgan fingerprint density at radius 2 is 2.06 bits per heavy atom. The van der Waals surface area contributed by atoms with Crippen LogP contribution in [0.5, 0.6) is 0 Å². The van der Waals surface area contributed by atoms with Crippen LogP contribution >= 0.6 is 0 Å². The molecule has 0 aliphatic heterocycles. The second kappa shape index (κ2) is 3.92. The highest BCUT2D eigenvalue weighted by Gasteiger charge is 2.12. The Balaban J connectivity index is 2.56. The smallest absolute Gasteiger partial charge is 0.263 e. The number of alkyl halides is 2. The predicted octanol–water partition coefficient (Wildman–Crippen LogP) is 2.90. The molecule has 5 heteroatoms. The van der Waals surface area contributed by atoms with Crippen LogP contribution in [0.25, 0.3) is 11.1 Å². The van der Waals surface area contributed by atoms with Crippen molar-refractivity contribution in [2.45, 2.75) is 13.3 Å². The predicted molar refractivity (Wildman–Crippen MR) is 58.1 cm³/mol. The Bertz CT molecular complexity index is 506. The van der Waals surface area contributed by atoms with E-state index in [2.05, 4.69) is 10.2 Å². The van der Waals surface area contributed by atoms with E-state index in [9.17, 15) is 8.78 Å². The van der Waals surface area contributed by atoms with E-state index in [0.717, 1.165) is 5.56 Å². The molecule has 0 atom stereocenters. The average molecular weight is 223 g/mol. The summed E-state index contributed by atoms with van der Waals surface area (Å²) >= 11 is 0. The average Bonchev–Trinajstić information content (AvgIpc) is 2.65. The monoisotopic (exact) mass is 223 g/mol. The van der Waals surface area contributed by atoms with Crippen molar-refractivity contribution in [2.24, 2.45) is 0 Å². The summed E-state index contributed by atoms with van der Waals surface area (Å²) in [5, 5.41) is 6.36. The highest BCUT2D eigenvalue weighted by Crippen LogP contribution is 2.30. The zero-order chi connectivity index (χ0) is 11.7. The van der Waals surface area contributed by atoms with Crippen LogP contribution in [0.3, 0.4) is 0 Å². The molecule has 84 valence electrons. The zero-order valence-electron chi connectivity index (χ0n) is 8.67. The Morgan fingerprint density at radius 1 is 1.31 bits per heavy atom. The van der Waals surface area contributed by atoms with Crippen molar-refractivity contribution in [2.75, 3.05) is 5.73 Å². The second-order valence-corrected chi connectivity index (χ2v) is 3.57. The van der Waals surface area contributed by atoms with Crippen LogP contribution in [0.1, 0.15) is 17.6 Å². The second-order valence-electron chi connectivity index (χ2n) is 3.57. The summed E-state index contributed by atoms with van der Waals surface area (Å²) in [4.78, 5) is 0. The number of nitrogens with one attached hydrogen (secondary N) is 1. The number of aromatic nitrogens is 2. The molecule has 0 bridgehead atoms. The molecular formula is C11H11F2N3. The van der Waals surface area contributed by atoms with Gasteiger partial charge in [0.05, 0.1) is 6.20 Å². The number of H-pyrrole nitrogens is 1. The van der Waals surface area contributed by atoms with Crippen LogP contribution in [0.4, 0.5) is 14.6 Å². The summed E-state index contributed by atoms with van der Waals surface area (Å²) in [6.07, 6.45) is -0.945. The minimum absolute atomic E-state index is 0.0128. The van der Waals surface area contributed by atoms with Gasteiger partial charge >= 0.3 is 0 Å². The van der Waals surface area contributed by atoms with E-state index in [0.29, 0.717) is 16.9 Å². The summed E-state index contributed by atoms with van der Waals surface area (Å²) in [5.41, 5.74) is 7.87. The van der Waals surface area contributed by atoms with E-state index < -0.39 is 6.43 Å². The van der Waals surface area contributed by atoms with Crippen molar-refractivity contribution in [3.05, 3.63) is 35.5 Å². The van der Waals surface area contributed by atoms with Crippen LogP contribution in [-0.4, -0.2) is 10.2 Å². The first-order valence-electron chi connectivity index (χ1n) is 4.77. The SMILES string of the molecule is Cc1ccc(C(F)F)cc1-c1cn[nH]c1N. The normalized spacial score (nSPS) is 11.0. The van der Waals surface area contributed by atoms with Gasteiger partial charge in [0.15, 0.2) is 0 Å². The molecule has 3 nitrogen and oxygen atoms in total. The quantitative estimate of drug-likeness (QED) is 0.822. The van der Waals surface area contributed by atoms with E-state index >= 15 is 0 Å². The molecule has 0 spiro atoms. The van der Waals surface area contributed by atoms with Crippen LogP contribution in [0.2, 0.25) is 0 Å². The lowest BCUT2D eigenvalue weighted by atomic mass is 10.00. The number of aryl methyl sites for hydroxylation is 1. The van der Waals surface area contributed by atoms with E-state index in [1.165, 1.54) is 18.3 Å². The lowest BCUT2D eigenvalue weighted by Crippen LogP contribution is -1.92. The molecule has 1 aromatic carbocycles. The summed E-state index contributed by atoms with van der Waals surface area (Å²) in [5.74, 6) is 0.384. The fourth-order valence-corrected chi connectivity index (χ4v) is 1.58. The molecule has 1 heterocycles. The van der Waals surface area contributed by atoms with Gasteiger partial charge in [-0.2, -0.15) is 5.10 Å². The third kappa shape index (κ3) is 1.76. The van der Waals surface area contributed by atoms with E-state index in [1.807, 2.05) is 6.92 Å². The lowest BCUT2D eigenvalue weighted by molar-refractivity contribution is 0.151. The molecular weight excluding hydrogens is 212 g/mol. The van der Waals surface area contributed by atoms with Gasteiger partial charge in [-0.1, -0.05) is 12.1 Å². The molecule has 16 heavy (non-hydrogen) atoms. The van der Waals surface area contributed by atoms with Gasteiger partial charge in [-0.15, -0.1) is 0 Å². The number of anilines is 1. The molecule has 0 radical (unpaired) electrons. The minimum Gasteiger partial charge on any atom is -0.384 e. The Morgan fingerprint density at radius 3 is 2.62 bits per heavy atom. The molecule has 0 fully saturated rings. The molecule has 2 aromatic rings. The molecule has 0 unspecified atom stereocenters. The maximum absolute atomic E-state index is 12.6. The van der Waals surface area contributed by atoms with Crippen molar-refractivity contribution < 1.29 is 8.78 Å². The first-order chi connectivity index (χ1) is 7.59. The summed E-state index contributed by atoms with van der Waals surface area (Å²) in [6.45, 7) is 1.84. The molecule has 0 amide bonds. The van der Waals surface area contributed by atoms with Gasteiger partial charge in [-0.05, 0) is 24.1 Å². The van der Waals surface area contributed by atoms with Crippen LogP contribution in [-0.2, 0) is 0 Å². The number of halogens is 2.